The summed E-state index contributed by atoms with van der Waals surface area (Å²) in [7, 11) is 1.65. The van der Waals surface area contributed by atoms with Crippen molar-refractivity contribution in [2.75, 3.05) is 13.7 Å². The van der Waals surface area contributed by atoms with Gasteiger partial charge < -0.3 is 10.1 Å². The minimum absolute atomic E-state index is 0.665. The third-order valence-corrected chi connectivity index (χ3v) is 1.91. The Morgan fingerprint density at radius 3 is 2.93 bits per heavy atom. The van der Waals surface area contributed by atoms with E-state index < -0.39 is 0 Å². The first-order chi connectivity index (χ1) is 6.74. The van der Waals surface area contributed by atoms with Crippen LogP contribution in [0.1, 0.15) is 19.4 Å². The first kappa shape index (κ1) is 11.0. The molecule has 3 heteroatoms. The lowest BCUT2D eigenvalue weighted by Gasteiger charge is -2.09. The van der Waals surface area contributed by atoms with Crippen LogP contribution in [-0.4, -0.2) is 18.6 Å². The van der Waals surface area contributed by atoms with Gasteiger partial charge in [-0.15, -0.1) is 0 Å². The minimum atomic E-state index is 0.665. The van der Waals surface area contributed by atoms with E-state index in [4.69, 9.17) is 4.74 Å². The summed E-state index contributed by atoms with van der Waals surface area (Å²) < 4.78 is 5.15. The molecule has 1 N–H and O–H groups in total. The highest BCUT2D eigenvalue weighted by molar-refractivity contribution is 5.24. The van der Waals surface area contributed by atoms with Crippen LogP contribution in [-0.2, 0) is 6.54 Å². The Morgan fingerprint density at radius 2 is 2.29 bits per heavy atom. The van der Waals surface area contributed by atoms with Crippen molar-refractivity contribution in [3.63, 3.8) is 0 Å². The molecule has 0 aliphatic heterocycles. The Morgan fingerprint density at radius 1 is 1.50 bits per heavy atom. The fourth-order valence-electron chi connectivity index (χ4n) is 1.24. The molecule has 1 aromatic heterocycles. The van der Waals surface area contributed by atoms with Crippen molar-refractivity contribution in [3.8, 4) is 5.88 Å². The van der Waals surface area contributed by atoms with Gasteiger partial charge in [0.2, 0.25) is 5.88 Å². The van der Waals surface area contributed by atoms with Gasteiger partial charge >= 0.3 is 0 Å². The number of rotatable bonds is 5. The molecule has 1 rings (SSSR count). The van der Waals surface area contributed by atoms with Gasteiger partial charge in [-0.2, -0.15) is 0 Å². The van der Waals surface area contributed by atoms with Crippen LogP contribution >= 0.6 is 0 Å². The smallest absolute Gasteiger partial charge is 0.217 e. The second kappa shape index (κ2) is 5.60. The molecule has 0 atom stereocenters. The second-order valence-electron chi connectivity index (χ2n) is 3.70. The normalized spacial score (nSPS) is 10.6. The molecule has 14 heavy (non-hydrogen) atoms. The fraction of sp³-hybridized carbons (Fsp3) is 0.545. The van der Waals surface area contributed by atoms with Crippen molar-refractivity contribution in [1.29, 1.82) is 0 Å². The van der Waals surface area contributed by atoms with Crippen molar-refractivity contribution < 1.29 is 4.74 Å². The Bertz CT molecular complexity index is 274. The molecule has 0 saturated heterocycles. The van der Waals surface area contributed by atoms with Crippen molar-refractivity contribution in [3.05, 3.63) is 23.9 Å². The number of hydrogen-bond donors (Lipinski definition) is 1. The molecule has 1 aromatic rings. The number of aromatic nitrogens is 1. The third-order valence-electron chi connectivity index (χ3n) is 1.91. The molecule has 0 radical (unpaired) electrons. The lowest BCUT2D eigenvalue weighted by Crippen LogP contribution is -2.19. The summed E-state index contributed by atoms with van der Waals surface area (Å²) in [4.78, 5) is 4.13. The lowest BCUT2D eigenvalue weighted by molar-refractivity contribution is 0.389. The van der Waals surface area contributed by atoms with E-state index in [1.54, 1.807) is 13.3 Å². The monoisotopic (exact) mass is 194 g/mol. The topological polar surface area (TPSA) is 34.1 Å². The lowest BCUT2D eigenvalue weighted by atomic mass is 10.2. The molecule has 0 spiro atoms. The Hall–Kier alpha value is -1.09. The minimum Gasteiger partial charge on any atom is -0.481 e. The molecule has 3 nitrogen and oxygen atoms in total. The number of pyridine rings is 1. The second-order valence-corrected chi connectivity index (χ2v) is 3.70. The predicted molar refractivity (Wildman–Crippen MR) is 57.3 cm³/mol. The van der Waals surface area contributed by atoms with Crippen molar-refractivity contribution in [2.45, 2.75) is 20.4 Å². The maximum atomic E-state index is 5.15. The van der Waals surface area contributed by atoms with Gasteiger partial charge in [-0.3, -0.25) is 0 Å². The van der Waals surface area contributed by atoms with E-state index in [9.17, 15) is 0 Å². The van der Waals surface area contributed by atoms with Gasteiger partial charge in [0.05, 0.1) is 7.11 Å². The number of nitrogens with zero attached hydrogens (tertiary/aromatic N) is 1. The van der Waals surface area contributed by atoms with Gasteiger partial charge in [-0.05, 0) is 18.5 Å². The van der Waals surface area contributed by atoms with Crippen LogP contribution in [0.5, 0.6) is 5.88 Å². The summed E-state index contributed by atoms with van der Waals surface area (Å²) in [6.45, 7) is 6.20. The molecule has 0 aliphatic rings. The van der Waals surface area contributed by atoms with Gasteiger partial charge in [-0.25, -0.2) is 4.98 Å². The summed E-state index contributed by atoms with van der Waals surface area (Å²) in [6, 6.07) is 3.95. The Labute approximate surface area is 85.5 Å². The van der Waals surface area contributed by atoms with Crippen LogP contribution in [0, 0.1) is 5.92 Å². The summed E-state index contributed by atoms with van der Waals surface area (Å²) in [5.74, 6) is 1.38. The van der Waals surface area contributed by atoms with Gasteiger partial charge in [0.25, 0.3) is 0 Å². The molecular weight excluding hydrogens is 176 g/mol. The molecular formula is C11H18N2O. The zero-order valence-electron chi connectivity index (χ0n) is 9.08. The van der Waals surface area contributed by atoms with Crippen molar-refractivity contribution >= 4 is 0 Å². The van der Waals surface area contributed by atoms with Crippen molar-refractivity contribution in [2.24, 2.45) is 5.92 Å². The average molecular weight is 194 g/mol. The van der Waals surface area contributed by atoms with E-state index in [1.807, 2.05) is 12.1 Å². The quantitative estimate of drug-likeness (QED) is 0.776. The summed E-state index contributed by atoms with van der Waals surface area (Å²) in [5, 5.41) is 3.36. The third kappa shape index (κ3) is 3.34. The number of hydrogen-bond acceptors (Lipinski definition) is 3. The highest BCUT2D eigenvalue weighted by Gasteiger charge is 2.02. The fourth-order valence-corrected chi connectivity index (χ4v) is 1.24. The standard InChI is InChI=1S/C11H18N2O/c1-9(2)7-12-8-10-5-4-6-13-11(10)14-3/h4-6,9,12H,7-8H2,1-3H3. The summed E-state index contributed by atoms with van der Waals surface area (Å²) in [6.07, 6.45) is 1.74. The molecule has 0 unspecified atom stereocenters. The maximum Gasteiger partial charge on any atom is 0.217 e. The molecule has 0 aromatic carbocycles. The molecule has 0 aliphatic carbocycles. The molecule has 1 heterocycles. The zero-order valence-corrected chi connectivity index (χ0v) is 9.08. The summed E-state index contributed by atoms with van der Waals surface area (Å²) >= 11 is 0. The van der Waals surface area contributed by atoms with Crippen LogP contribution in [0.2, 0.25) is 0 Å². The van der Waals surface area contributed by atoms with Crippen LogP contribution in [0.15, 0.2) is 18.3 Å². The largest absolute Gasteiger partial charge is 0.481 e. The molecule has 0 bridgehead atoms. The van der Waals surface area contributed by atoms with Crippen molar-refractivity contribution in [1.82, 2.24) is 10.3 Å². The number of nitrogens with one attached hydrogen (secondary N) is 1. The first-order valence-corrected chi connectivity index (χ1v) is 4.92. The highest BCUT2D eigenvalue weighted by atomic mass is 16.5. The van der Waals surface area contributed by atoms with E-state index in [-0.39, 0.29) is 0 Å². The van der Waals surface area contributed by atoms with E-state index in [0.29, 0.717) is 11.8 Å². The van der Waals surface area contributed by atoms with E-state index in [0.717, 1.165) is 18.7 Å². The van der Waals surface area contributed by atoms with Gasteiger partial charge in [-0.1, -0.05) is 19.9 Å². The van der Waals surface area contributed by atoms with E-state index in [1.165, 1.54) is 0 Å². The van der Waals surface area contributed by atoms with Gasteiger partial charge in [0.1, 0.15) is 0 Å². The van der Waals surface area contributed by atoms with Gasteiger partial charge in [0, 0.05) is 18.3 Å². The SMILES string of the molecule is COc1ncccc1CNCC(C)C. The molecule has 78 valence electrons. The van der Waals surface area contributed by atoms with Crippen LogP contribution in [0.25, 0.3) is 0 Å². The van der Waals surface area contributed by atoms with Crippen LogP contribution < -0.4 is 10.1 Å². The first-order valence-electron chi connectivity index (χ1n) is 4.92. The van der Waals surface area contributed by atoms with Crippen LogP contribution in [0.3, 0.4) is 0 Å². The number of methoxy groups -OCH3 is 1. The molecule has 0 saturated carbocycles. The van der Waals surface area contributed by atoms with Gasteiger partial charge in [0.15, 0.2) is 0 Å². The summed E-state index contributed by atoms with van der Waals surface area (Å²) in [5.41, 5.74) is 1.11. The van der Waals surface area contributed by atoms with Crippen LogP contribution in [0.4, 0.5) is 0 Å². The van der Waals surface area contributed by atoms with E-state index in [2.05, 4.69) is 24.1 Å². The van der Waals surface area contributed by atoms with E-state index >= 15 is 0 Å². The highest BCUT2D eigenvalue weighted by Crippen LogP contribution is 2.12. The molecule has 0 amide bonds. The molecule has 0 fully saturated rings. The Balaban J connectivity index is 2.49. The Kier molecular flexibility index (Phi) is 4.40. The zero-order chi connectivity index (χ0) is 10.4. The maximum absolute atomic E-state index is 5.15. The predicted octanol–water partition coefficient (Wildman–Crippen LogP) is 1.84. The number of ether oxygens (including phenoxy) is 1. The average Bonchev–Trinajstić information content (AvgIpc) is 2.18.